The molecule has 39 heavy (non-hydrogen) atoms. The van der Waals surface area contributed by atoms with Crippen LogP contribution < -0.4 is 10.1 Å². The molecule has 1 N–H and O–H groups in total. The lowest BCUT2D eigenvalue weighted by atomic mass is 9.79. The number of thioether (sulfide) groups is 1. The minimum atomic E-state index is -0.0121. The van der Waals surface area contributed by atoms with Crippen LogP contribution in [0, 0.1) is 18.8 Å². The van der Waals surface area contributed by atoms with Gasteiger partial charge < -0.3 is 14.6 Å². The van der Waals surface area contributed by atoms with E-state index in [1.54, 1.807) is 0 Å². The lowest BCUT2D eigenvalue weighted by Gasteiger charge is -2.33. The van der Waals surface area contributed by atoms with E-state index >= 15 is 0 Å². The van der Waals surface area contributed by atoms with Crippen molar-refractivity contribution in [3.8, 4) is 17.0 Å². The average molecular weight is 549 g/mol. The SMILES string of the molecule is Cc1c(C(=O)NCC2CCSCC2)cc(-c2cc(C(C)(C)C)c3c(c2)C2(CCO3)CC2)n1CC1CCCCC1. The Morgan fingerprint density at radius 2 is 1.77 bits per heavy atom. The smallest absolute Gasteiger partial charge is 0.253 e. The van der Waals surface area contributed by atoms with Crippen molar-refractivity contribution < 1.29 is 9.53 Å². The highest BCUT2D eigenvalue weighted by atomic mass is 32.2. The molecule has 4 aliphatic rings. The molecular weight excluding hydrogens is 500 g/mol. The summed E-state index contributed by atoms with van der Waals surface area (Å²) in [7, 11) is 0. The van der Waals surface area contributed by atoms with Crippen LogP contribution in [0.25, 0.3) is 11.3 Å². The summed E-state index contributed by atoms with van der Waals surface area (Å²) in [4.78, 5) is 13.6. The second-order valence-corrected chi connectivity index (χ2v) is 15.2. The molecule has 3 fully saturated rings. The van der Waals surface area contributed by atoms with Crippen LogP contribution in [0.5, 0.6) is 5.75 Å². The number of amides is 1. The normalized spacial score (nSPS) is 21.4. The number of nitrogens with one attached hydrogen (secondary N) is 1. The Morgan fingerprint density at radius 3 is 2.46 bits per heavy atom. The van der Waals surface area contributed by atoms with Crippen LogP contribution in [0.15, 0.2) is 18.2 Å². The fourth-order valence-corrected chi connectivity index (χ4v) is 8.50. The molecule has 1 amide bonds. The van der Waals surface area contributed by atoms with E-state index in [1.165, 1.54) is 91.7 Å². The van der Waals surface area contributed by atoms with Crippen LogP contribution in [-0.4, -0.2) is 35.1 Å². The van der Waals surface area contributed by atoms with Crippen molar-refractivity contribution in [2.24, 2.45) is 11.8 Å². The first-order chi connectivity index (χ1) is 18.7. The summed E-state index contributed by atoms with van der Waals surface area (Å²) < 4.78 is 8.88. The lowest BCUT2D eigenvalue weighted by Crippen LogP contribution is -2.31. The Labute approximate surface area is 240 Å². The van der Waals surface area contributed by atoms with Crippen molar-refractivity contribution in [2.45, 2.75) is 109 Å². The van der Waals surface area contributed by atoms with Crippen molar-refractivity contribution in [2.75, 3.05) is 24.7 Å². The van der Waals surface area contributed by atoms with Gasteiger partial charge in [0.25, 0.3) is 5.91 Å². The standard InChI is InChI=1S/C34H48N2O2S/c1-23-27(32(37)35-21-24-10-16-39-17-11-24)20-30(36(23)22-25-8-6-5-7-9-25)26-18-28(33(2,3)4)31-29(19-26)34(12-13-34)14-15-38-31/h18-20,24-25H,5-17,21-22H2,1-4H3,(H,35,37). The van der Waals surface area contributed by atoms with Gasteiger partial charge >= 0.3 is 0 Å². The highest BCUT2D eigenvalue weighted by Crippen LogP contribution is 2.58. The third-order valence-corrected chi connectivity index (χ3v) is 11.2. The van der Waals surface area contributed by atoms with Gasteiger partial charge in [0.1, 0.15) is 5.75 Å². The maximum Gasteiger partial charge on any atom is 0.253 e. The summed E-state index contributed by atoms with van der Waals surface area (Å²) in [6.07, 6.45) is 12.7. The molecular formula is C34H48N2O2S. The van der Waals surface area contributed by atoms with Gasteiger partial charge in [-0.2, -0.15) is 11.8 Å². The molecule has 1 saturated heterocycles. The van der Waals surface area contributed by atoms with Crippen LogP contribution in [0.4, 0.5) is 0 Å². The van der Waals surface area contributed by atoms with E-state index in [9.17, 15) is 4.79 Å². The number of nitrogens with zero attached hydrogens (tertiary/aromatic N) is 1. The highest BCUT2D eigenvalue weighted by molar-refractivity contribution is 7.99. The molecule has 212 valence electrons. The zero-order chi connectivity index (χ0) is 27.2. The Kier molecular flexibility index (Phi) is 7.58. The molecule has 0 unspecified atom stereocenters. The number of carbonyl (C=O) groups is 1. The molecule has 1 spiro atoms. The summed E-state index contributed by atoms with van der Waals surface area (Å²) in [5.74, 6) is 4.99. The first-order valence-corrected chi connectivity index (χ1v) is 16.8. The van der Waals surface area contributed by atoms with Gasteiger partial charge in [-0.15, -0.1) is 0 Å². The minimum absolute atomic E-state index is 0.0121. The molecule has 0 radical (unpaired) electrons. The van der Waals surface area contributed by atoms with Gasteiger partial charge in [0, 0.05) is 41.0 Å². The number of rotatable bonds is 6. The van der Waals surface area contributed by atoms with Gasteiger partial charge in [-0.1, -0.05) is 40.0 Å². The predicted octanol–water partition coefficient (Wildman–Crippen LogP) is 8.03. The quantitative estimate of drug-likeness (QED) is 0.397. The van der Waals surface area contributed by atoms with E-state index in [-0.39, 0.29) is 11.3 Å². The van der Waals surface area contributed by atoms with E-state index in [2.05, 4.69) is 55.8 Å². The Morgan fingerprint density at radius 1 is 1.03 bits per heavy atom. The molecule has 5 heteroatoms. The van der Waals surface area contributed by atoms with Crippen molar-refractivity contribution in [1.82, 2.24) is 9.88 Å². The lowest BCUT2D eigenvalue weighted by molar-refractivity contribution is 0.0945. The largest absolute Gasteiger partial charge is 0.493 e. The van der Waals surface area contributed by atoms with Crippen molar-refractivity contribution in [3.05, 3.63) is 40.6 Å². The molecule has 6 rings (SSSR count). The molecule has 2 aromatic rings. The van der Waals surface area contributed by atoms with Crippen molar-refractivity contribution in [3.63, 3.8) is 0 Å². The molecule has 2 aliphatic carbocycles. The Hall–Kier alpha value is -1.88. The first-order valence-electron chi connectivity index (χ1n) is 15.6. The number of fused-ring (bicyclic) bond motifs is 2. The average Bonchev–Trinajstić information content (AvgIpc) is 3.63. The van der Waals surface area contributed by atoms with Crippen molar-refractivity contribution in [1.29, 1.82) is 0 Å². The summed E-state index contributed by atoms with van der Waals surface area (Å²) >= 11 is 2.04. The van der Waals surface area contributed by atoms with Gasteiger partial charge in [-0.3, -0.25) is 4.79 Å². The number of hydrogen-bond donors (Lipinski definition) is 1. The molecule has 1 aromatic heterocycles. The number of aromatic nitrogens is 1. The van der Waals surface area contributed by atoms with E-state index in [1.807, 2.05) is 11.8 Å². The number of ether oxygens (including phenoxy) is 1. The predicted molar refractivity (Wildman–Crippen MR) is 163 cm³/mol. The summed E-state index contributed by atoms with van der Waals surface area (Å²) in [6, 6.07) is 7.03. The van der Waals surface area contributed by atoms with Crippen LogP contribution in [-0.2, 0) is 17.4 Å². The van der Waals surface area contributed by atoms with E-state index < -0.39 is 0 Å². The summed E-state index contributed by atoms with van der Waals surface area (Å²) in [5.41, 5.74) is 7.48. The third-order valence-electron chi connectivity index (χ3n) is 10.1. The van der Waals surface area contributed by atoms with Gasteiger partial charge in [0.2, 0.25) is 0 Å². The monoisotopic (exact) mass is 548 g/mol. The van der Waals surface area contributed by atoms with Crippen LogP contribution in [0.1, 0.15) is 112 Å². The molecule has 2 saturated carbocycles. The molecule has 0 atom stereocenters. The van der Waals surface area contributed by atoms with Crippen molar-refractivity contribution >= 4 is 17.7 Å². The zero-order valence-corrected chi connectivity index (χ0v) is 25.5. The maximum atomic E-state index is 13.6. The Balaban J connectivity index is 1.40. The molecule has 0 bridgehead atoms. The molecule has 2 aliphatic heterocycles. The topological polar surface area (TPSA) is 43.3 Å². The summed E-state index contributed by atoms with van der Waals surface area (Å²) in [5, 5.41) is 3.33. The molecule has 1 aromatic carbocycles. The molecule has 4 nitrogen and oxygen atoms in total. The minimum Gasteiger partial charge on any atom is -0.493 e. The number of benzene rings is 1. The maximum absolute atomic E-state index is 13.6. The highest BCUT2D eigenvalue weighted by Gasteiger charge is 2.49. The number of hydrogen-bond acceptors (Lipinski definition) is 3. The second-order valence-electron chi connectivity index (χ2n) is 13.9. The Bertz CT molecular complexity index is 1190. The van der Waals surface area contributed by atoms with Crippen LogP contribution >= 0.6 is 11.8 Å². The fraction of sp³-hybridized carbons (Fsp3) is 0.676. The van der Waals surface area contributed by atoms with Crippen LogP contribution in [0.3, 0.4) is 0 Å². The number of carbonyl (C=O) groups excluding carboxylic acids is 1. The van der Waals surface area contributed by atoms with Gasteiger partial charge in [-0.05, 0) is 104 Å². The van der Waals surface area contributed by atoms with Crippen LogP contribution in [0.2, 0.25) is 0 Å². The second kappa shape index (κ2) is 10.8. The summed E-state index contributed by atoms with van der Waals surface area (Å²) in [6.45, 7) is 11.7. The van der Waals surface area contributed by atoms with Gasteiger partial charge in [0.05, 0.1) is 12.2 Å². The first kappa shape index (κ1) is 27.3. The fourth-order valence-electron chi connectivity index (χ4n) is 7.30. The zero-order valence-electron chi connectivity index (χ0n) is 24.7. The molecule has 3 heterocycles. The van der Waals surface area contributed by atoms with Gasteiger partial charge in [-0.25, -0.2) is 0 Å². The van der Waals surface area contributed by atoms with E-state index in [4.69, 9.17) is 4.74 Å². The van der Waals surface area contributed by atoms with Gasteiger partial charge in [0.15, 0.2) is 0 Å². The third kappa shape index (κ3) is 5.54. The van der Waals surface area contributed by atoms with E-state index in [0.29, 0.717) is 17.3 Å². The van der Waals surface area contributed by atoms with E-state index in [0.717, 1.165) is 43.1 Å².